The normalized spacial score (nSPS) is 20.8. The Morgan fingerprint density at radius 3 is 2.65 bits per heavy atom. The zero-order valence-electron chi connectivity index (χ0n) is 10.0. The third kappa shape index (κ3) is 2.75. The van der Waals surface area contributed by atoms with Crippen molar-refractivity contribution in [2.75, 3.05) is 26.0 Å². The second-order valence-corrected chi connectivity index (χ2v) is 6.11. The van der Waals surface area contributed by atoms with Crippen molar-refractivity contribution >= 4 is 21.9 Å². The average molecular weight is 264 g/mol. The van der Waals surface area contributed by atoms with Crippen LogP contribution in [0.4, 0.5) is 0 Å². The molecule has 1 saturated heterocycles. The predicted molar refractivity (Wildman–Crippen MR) is 59.6 cm³/mol. The van der Waals surface area contributed by atoms with Crippen molar-refractivity contribution < 1.29 is 22.7 Å². The Hall–Kier alpha value is -1.15. The Morgan fingerprint density at radius 1 is 1.53 bits per heavy atom. The number of esters is 1. The van der Waals surface area contributed by atoms with Crippen molar-refractivity contribution in [1.82, 2.24) is 9.62 Å². The van der Waals surface area contributed by atoms with Crippen molar-refractivity contribution in [3.8, 4) is 0 Å². The van der Waals surface area contributed by atoms with E-state index in [1.54, 1.807) is 0 Å². The van der Waals surface area contributed by atoms with Gasteiger partial charge in [0, 0.05) is 13.1 Å². The molecule has 0 radical (unpaired) electrons. The minimum absolute atomic E-state index is 0.151. The van der Waals surface area contributed by atoms with Gasteiger partial charge in [-0.15, -0.1) is 0 Å². The Labute approximate surface area is 100 Å². The van der Waals surface area contributed by atoms with Gasteiger partial charge in [0.1, 0.15) is 5.54 Å². The van der Waals surface area contributed by atoms with Crippen molar-refractivity contribution in [1.29, 1.82) is 0 Å². The molecule has 0 aromatic rings. The number of ether oxygens (including phenoxy) is 1. The number of carbonyl (C=O) groups excluding carboxylic acids is 2. The standard InChI is InChI=1S/C9H16N2O5S/c1-9(2)8(13)10-4-5-11(9)17(14,15)6-7(12)16-3/h4-6H2,1-3H3,(H,10,13). The summed E-state index contributed by atoms with van der Waals surface area (Å²) in [5.74, 6) is -1.97. The van der Waals surface area contributed by atoms with Crippen molar-refractivity contribution in [2.24, 2.45) is 0 Å². The van der Waals surface area contributed by atoms with Crippen molar-refractivity contribution in [3.05, 3.63) is 0 Å². The van der Waals surface area contributed by atoms with Gasteiger partial charge in [-0.2, -0.15) is 4.31 Å². The summed E-state index contributed by atoms with van der Waals surface area (Å²) in [4.78, 5) is 22.6. The number of hydrogen-bond donors (Lipinski definition) is 1. The molecule has 1 aliphatic rings. The Kier molecular flexibility index (Phi) is 3.78. The lowest BCUT2D eigenvalue weighted by atomic mass is 10.0. The first-order valence-electron chi connectivity index (χ1n) is 5.07. The molecule has 17 heavy (non-hydrogen) atoms. The number of piperazine rings is 1. The van der Waals surface area contributed by atoms with Crippen LogP contribution >= 0.6 is 0 Å². The van der Waals surface area contributed by atoms with E-state index >= 15 is 0 Å². The van der Waals surface area contributed by atoms with Crippen LogP contribution in [0, 0.1) is 0 Å². The van der Waals surface area contributed by atoms with Gasteiger partial charge in [-0.25, -0.2) is 8.42 Å². The first-order valence-corrected chi connectivity index (χ1v) is 6.68. The third-order valence-electron chi connectivity index (χ3n) is 2.64. The SMILES string of the molecule is COC(=O)CS(=O)(=O)N1CCNC(=O)C1(C)C. The van der Waals surface area contributed by atoms with E-state index in [4.69, 9.17) is 0 Å². The molecule has 0 unspecified atom stereocenters. The lowest BCUT2D eigenvalue weighted by Gasteiger charge is -2.39. The highest BCUT2D eigenvalue weighted by Gasteiger charge is 2.44. The molecule has 1 fully saturated rings. The topological polar surface area (TPSA) is 92.8 Å². The lowest BCUT2D eigenvalue weighted by Crippen LogP contribution is -2.63. The van der Waals surface area contributed by atoms with E-state index in [9.17, 15) is 18.0 Å². The highest BCUT2D eigenvalue weighted by Crippen LogP contribution is 2.21. The highest BCUT2D eigenvalue weighted by atomic mass is 32.2. The fourth-order valence-corrected chi connectivity index (χ4v) is 3.37. The number of rotatable bonds is 3. The minimum atomic E-state index is -3.84. The molecule has 1 rings (SSSR count). The van der Waals surface area contributed by atoms with Gasteiger partial charge in [0.25, 0.3) is 0 Å². The second-order valence-electron chi connectivity index (χ2n) is 4.22. The number of amides is 1. The van der Waals surface area contributed by atoms with Crippen LogP contribution in [0.25, 0.3) is 0 Å². The number of methoxy groups -OCH3 is 1. The van der Waals surface area contributed by atoms with E-state index in [-0.39, 0.29) is 19.0 Å². The predicted octanol–water partition coefficient (Wildman–Crippen LogP) is -1.30. The summed E-state index contributed by atoms with van der Waals surface area (Å²) >= 11 is 0. The van der Waals surface area contributed by atoms with Gasteiger partial charge in [-0.05, 0) is 13.8 Å². The maximum Gasteiger partial charge on any atom is 0.322 e. The molecule has 1 heterocycles. The molecular weight excluding hydrogens is 248 g/mol. The second kappa shape index (κ2) is 4.61. The summed E-state index contributed by atoms with van der Waals surface area (Å²) in [5, 5.41) is 2.58. The van der Waals surface area contributed by atoms with Crippen LogP contribution in [0.5, 0.6) is 0 Å². The highest BCUT2D eigenvalue weighted by molar-refractivity contribution is 7.89. The molecule has 0 aliphatic carbocycles. The quantitative estimate of drug-likeness (QED) is 0.640. The van der Waals surface area contributed by atoms with Gasteiger partial charge < -0.3 is 10.1 Å². The monoisotopic (exact) mass is 264 g/mol. The smallest absolute Gasteiger partial charge is 0.322 e. The summed E-state index contributed by atoms with van der Waals surface area (Å²) in [6.45, 7) is 3.38. The fourth-order valence-electron chi connectivity index (χ4n) is 1.65. The van der Waals surface area contributed by atoms with Gasteiger partial charge in [-0.1, -0.05) is 0 Å². The van der Waals surface area contributed by atoms with Gasteiger partial charge in [0.05, 0.1) is 7.11 Å². The molecule has 0 saturated carbocycles. The molecule has 0 bridgehead atoms. The number of carbonyl (C=O) groups is 2. The van der Waals surface area contributed by atoms with Gasteiger partial charge >= 0.3 is 5.97 Å². The zero-order valence-corrected chi connectivity index (χ0v) is 10.8. The first kappa shape index (κ1) is 13.9. The van der Waals surface area contributed by atoms with Gasteiger partial charge in [0.15, 0.2) is 5.75 Å². The molecule has 0 aromatic carbocycles. The van der Waals surface area contributed by atoms with Gasteiger partial charge in [0.2, 0.25) is 15.9 Å². The van der Waals surface area contributed by atoms with E-state index in [1.807, 2.05) is 0 Å². The summed E-state index contributed by atoms with van der Waals surface area (Å²) in [6.07, 6.45) is 0. The number of sulfonamides is 1. The van der Waals surface area contributed by atoms with E-state index in [0.29, 0.717) is 0 Å². The molecule has 0 aromatic heterocycles. The van der Waals surface area contributed by atoms with E-state index < -0.39 is 27.3 Å². The summed E-state index contributed by atoms with van der Waals surface area (Å²) in [5.41, 5.74) is -1.19. The molecule has 0 atom stereocenters. The Bertz CT molecular complexity index is 429. The van der Waals surface area contributed by atoms with Crippen LogP contribution in [0.15, 0.2) is 0 Å². The molecular formula is C9H16N2O5S. The van der Waals surface area contributed by atoms with Crippen LogP contribution in [0.3, 0.4) is 0 Å². The van der Waals surface area contributed by atoms with Crippen molar-refractivity contribution in [3.63, 3.8) is 0 Å². The van der Waals surface area contributed by atoms with Crippen LogP contribution < -0.4 is 5.32 Å². The number of nitrogens with one attached hydrogen (secondary N) is 1. The average Bonchev–Trinajstić information content (AvgIpc) is 2.20. The van der Waals surface area contributed by atoms with Crippen molar-refractivity contribution in [2.45, 2.75) is 19.4 Å². The van der Waals surface area contributed by atoms with Crippen LogP contribution in [-0.4, -0.2) is 56.1 Å². The van der Waals surface area contributed by atoms with E-state index in [1.165, 1.54) is 13.8 Å². The Balaban J connectivity index is 2.98. The first-order chi connectivity index (χ1) is 7.71. The number of hydrogen-bond acceptors (Lipinski definition) is 5. The maximum absolute atomic E-state index is 12.0. The molecule has 0 spiro atoms. The summed E-state index contributed by atoms with van der Waals surface area (Å²) in [7, 11) is -2.72. The van der Waals surface area contributed by atoms with Gasteiger partial charge in [-0.3, -0.25) is 9.59 Å². The minimum Gasteiger partial charge on any atom is -0.468 e. The molecule has 98 valence electrons. The fraction of sp³-hybridized carbons (Fsp3) is 0.778. The third-order valence-corrected chi connectivity index (χ3v) is 4.55. The van der Waals surface area contributed by atoms with E-state index in [0.717, 1.165) is 11.4 Å². The largest absolute Gasteiger partial charge is 0.468 e. The maximum atomic E-state index is 12.0. The summed E-state index contributed by atoms with van der Waals surface area (Å²) < 4.78 is 29.3. The number of nitrogens with zero attached hydrogens (tertiary/aromatic N) is 1. The Morgan fingerprint density at radius 2 is 2.12 bits per heavy atom. The molecule has 1 amide bonds. The van der Waals surface area contributed by atoms with E-state index in [2.05, 4.69) is 10.1 Å². The van der Waals surface area contributed by atoms with Crippen LogP contribution in [0.1, 0.15) is 13.8 Å². The van der Waals surface area contributed by atoms with Crippen LogP contribution in [-0.2, 0) is 24.3 Å². The summed E-state index contributed by atoms with van der Waals surface area (Å²) in [6, 6.07) is 0. The molecule has 1 N–H and O–H groups in total. The van der Waals surface area contributed by atoms with Crippen LogP contribution in [0.2, 0.25) is 0 Å². The zero-order chi connectivity index (χ0) is 13.3. The lowest BCUT2D eigenvalue weighted by molar-refractivity contribution is -0.138. The molecule has 7 nitrogen and oxygen atoms in total. The molecule has 8 heteroatoms. The molecule has 1 aliphatic heterocycles.